The summed E-state index contributed by atoms with van der Waals surface area (Å²) in [6, 6.07) is 16.5. The third kappa shape index (κ3) is 7.17. The predicted molar refractivity (Wildman–Crippen MR) is 155 cm³/mol. The fourth-order valence-corrected chi connectivity index (χ4v) is 5.71. The normalized spacial score (nSPS) is 16.4. The highest BCUT2D eigenvalue weighted by Crippen LogP contribution is 2.33. The van der Waals surface area contributed by atoms with E-state index in [2.05, 4.69) is 16.7 Å². The number of anilines is 1. The van der Waals surface area contributed by atoms with E-state index in [1.807, 2.05) is 30.3 Å². The number of likely N-dealkylation sites (tertiary alicyclic amines) is 1. The Morgan fingerprint density at radius 1 is 0.925 bits per heavy atom. The first-order chi connectivity index (χ1) is 19.3. The average molecular weight is 545 g/mol. The van der Waals surface area contributed by atoms with Gasteiger partial charge in [-0.05, 0) is 74.8 Å². The van der Waals surface area contributed by atoms with Gasteiger partial charge in [-0.15, -0.1) is 0 Å². The van der Waals surface area contributed by atoms with Crippen molar-refractivity contribution < 1.29 is 19.2 Å². The molecule has 0 spiro atoms. The van der Waals surface area contributed by atoms with E-state index in [1.54, 1.807) is 34.1 Å². The van der Waals surface area contributed by atoms with Crippen LogP contribution in [0, 0.1) is 0 Å². The largest absolute Gasteiger partial charge is 0.350 e. The van der Waals surface area contributed by atoms with Crippen molar-refractivity contribution in [2.24, 2.45) is 0 Å². The molecule has 0 unspecified atom stereocenters. The molecule has 1 heterocycles. The van der Waals surface area contributed by atoms with Crippen LogP contribution in [0.15, 0.2) is 66.2 Å². The number of nitrogens with one attached hydrogen (secondary N) is 2. The lowest BCUT2D eigenvalue weighted by Gasteiger charge is -2.47. The molecular weight excluding hydrogens is 504 g/mol. The van der Waals surface area contributed by atoms with E-state index in [9.17, 15) is 19.2 Å². The third-order valence-electron chi connectivity index (χ3n) is 8.01. The van der Waals surface area contributed by atoms with Crippen molar-refractivity contribution in [1.82, 2.24) is 15.1 Å². The minimum Gasteiger partial charge on any atom is -0.350 e. The van der Waals surface area contributed by atoms with Crippen LogP contribution in [0.5, 0.6) is 0 Å². The van der Waals surface area contributed by atoms with Crippen molar-refractivity contribution in [3.63, 3.8) is 0 Å². The van der Waals surface area contributed by atoms with Crippen LogP contribution >= 0.6 is 0 Å². The first kappa shape index (κ1) is 29.1. The van der Waals surface area contributed by atoms with Gasteiger partial charge < -0.3 is 20.4 Å². The summed E-state index contributed by atoms with van der Waals surface area (Å²) in [5.74, 6) is -0.637. The lowest BCUT2D eigenvalue weighted by Crippen LogP contribution is -2.65. The van der Waals surface area contributed by atoms with Gasteiger partial charge in [0.15, 0.2) is 0 Å². The summed E-state index contributed by atoms with van der Waals surface area (Å²) in [6.45, 7) is 4.56. The lowest BCUT2D eigenvalue weighted by atomic mass is 9.83. The maximum Gasteiger partial charge on any atom is 0.254 e. The molecule has 1 saturated heterocycles. The fraction of sp³-hybridized carbons (Fsp3) is 0.438. The molecule has 0 bridgehead atoms. The number of rotatable bonds is 9. The molecule has 1 fully saturated rings. The SMILES string of the molecule is CC(=O)Nc1ccc(C(=O)N(CCC2=CCCCC2)C2(C(=O)NCc3ccccc3)CCN(C(C)=O)CC2)cc1. The summed E-state index contributed by atoms with van der Waals surface area (Å²) in [6.07, 6.45) is 8.09. The summed E-state index contributed by atoms with van der Waals surface area (Å²) < 4.78 is 0. The van der Waals surface area contributed by atoms with Crippen LogP contribution in [-0.4, -0.2) is 58.6 Å². The molecule has 2 aromatic carbocycles. The van der Waals surface area contributed by atoms with Gasteiger partial charge in [0.05, 0.1) is 0 Å². The van der Waals surface area contributed by atoms with Gasteiger partial charge in [0.25, 0.3) is 5.91 Å². The van der Waals surface area contributed by atoms with Gasteiger partial charge in [-0.2, -0.15) is 0 Å². The Labute approximate surface area is 236 Å². The quantitative estimate of drug-likeness (QED) is 0.448. The smallest absolute Gasteiger partial charge is 0.254 e. The second-order valence-electron chi connectivity index (χ2n) is 10.8. The first-order valence-corrected chi connectivity index (χ1v) is 14.2. The lowest BCUT2D eigenvalue weighted by molar-refractivity contribution is -0.140. The Balaban J connectivity index is 1.66. The molecule has 8 nitrogen and oxygen atoms in total. The van der Waals surface area contributed by atoms with Crippen molar-refractivity contribution in [3.8, 4) is 0 Å². The van der Waals surface area contributed by atoms with Crippen LogP contribution in [0.1, 0.15) is 74.7 Å². The minimum absolute atomic E-state index is 0.0305. The molecule has 0 aromatic heterocycles. The number of carbonyl (C=O) groups is 4. The van der Waals surface area contributed by atoms with Gasteiger partial charge >= 0.3 is 0 Å². The Hall–Kier alpha value is -3.94. The number of carbonyl (C=O) groups excluding carboxylic acids is 4. The van der Waals surface area contributed by atoms with Crippen molar-refractivity contribution in [1.29, 1.82) is 0 Å². The molecule has 8 heteroatoms. The number of allylic oxidation sites excluding steroid dienone is 1. The van der Waals surface area contributed by atoms with E-state index in [4.69, 9.17) is 0 Å². The zero-order chi connectivity index (χ0) is 28.5. The zero-order valence-corrected chi connectivity index (χ0v) is 23.6. The van der Waals surface area contributed by atoms with Gasteiger partial charge in [0.1, 0.15) is 5.54 Å². The van der Waals surface area contributed by atoms with Crippen LogP contribution in [0.2, 0.25) is 0 Å². The van der Waals surface area contributed by atoms with Gasteiger partial charge in [-0.3, -0.25) is 19.2 Å². The number of amides is 4. The standard InChI is InChI=1S/C32H40N4O4/c1-24(37)34-29-15-13-28(14-16-29)30(39)36(20-17-26-9-5-3-6-10-26)32(18-21-35(22-19-32)25(2)38)31(40)33-23-27-11-7-4-8-12-27/h4,7-9,11-16H,3,5-6,10,17-23H2,1-2H3,(H,33,40)(H,34,37). The molecule has 2 aliphatic rings. The maximum absolute atomic E-state index is 14.2. The van der Waals surface area contributed by atoms with E-state index in [0.717, 1.165) is 24.8 Å². The van der Waals surface area contributed by atoms with E-state index >= 15 is 0 Å². The molecule has 4 amide bonds. The fourth-order valence-electron chi connectivity index (χ4n) is 5.71. The Morgan fingerprint density at radius 2 is 1.62 bits per heavy atom. The van der Waals surface area contributed by atoms with Crippen LogP contribution in [0.4, 0.5) is 5.69 Å². The van der Waals surface area contributed by atoms with Crippen molar-refractivity contribution >= 4 is 29.3 Å². The highest BCUT2D eigenvalue weighted by Gasteiger charge is 2.48. The second-order valence-corrected chi connectivity index (χ2v) is 10.8. The van der Waals surface area contributed by atoms with Gasteiger partial charge in [-0.25, -0.2) is 0 Å². The number of hydrogen-bond donors (Lipinski definition) is 2. The average Bonchev–Trinajstić information content (AvgIpc) is 2.97. The molecule has 1 aliphatic carbocycles. The molecule has 4 rings (SSSR count). The number of nitrogens with zero attached hydrogens (tertiary/aromatic N) is 2. The minimum atomic E-state index is -1.09. The van der Waals surface area contributed by atoms with Gasteiger partial charge in [-0.1, -0.05) is 42.0 Å². The van der Waals surface area contributed by atoms with E-state index < -0.39 is 5.54 Å². The summed E-state index contributed by atoms with van der Waals surface area (Å²) in [7, 11) is 0. The Bertz CT molecular complexity index is 1230. The van der Waals surface area contributed by atoms with Gasteiger partial charge in [0, 0.05) is 51.3 Å². The zero-order valence-electron chi connectivity index (χ0n) is 23.6. The van der Waals surface area contributed by atoms with Crippen LogP contribution in [0.3, 0.4) is 0 Å². The topological polar surface area (TPSA) is 98.8 Å². The van der Waals surface area contributed by atoms with Crippen molar-refractivity contribution in [2.45, 2.75) is 70.9 Å². The number of benzene rings is 2. The van der Waals surface area contributed by atoms with E-state index in [-0.39, 0.29) is 23.6 Å². The molecule has 0 atom stereocenters. The Kier molecular flexibility index (Phi) is 9.74. The van der Waals surface area contributed by atoms with Gasteiger partial charge in [0.2, 0.25) is 17.7 Å². The summed E-state index contributed by atoms with van der Waals surface area (Å²) in [4.78, 5) is 55.5. The first-order valence-electron chi connectivity index (χ1n) is 14.2. The second kappa shape index (κ2) is 13.4. The molecular formula is C32H40N4O4. The Morgan fingerprint density at radius 3 is 2.23 bits per heavy atom. The summed E-state index contributed by atoms with van der Waals surface area (Å²) >= 11 is 0. The molecule has 212 valence electrons. The summed E-state index contributed by atoms with van der Waals surface area (Å²) in [5, 5.41) is 5.84. The highest BCUT2D eigenvalue weighted by atomic mass is 16.2. The van der Waals surface area contributed by atoms with Crippen molar-refractivity contribution in [3.05, 3.63) is 77.4 Å². The van der Waals surface area contributed by atoms with Crippen LogP contribution in [0.25, 0.3) is 0 Å². The number of hydrogen-bond acceptors (Lipinski definition) is 4. The number of piperidine rings is 1. The van der Waals surface area contributed by atoms with E-state index in [0.29, 0.717) is 56.7 Å². The molecule has 0 radical (unpaired) electrons. The molecule has 2 N–H and O–H groups in total. The van der Waals surface area contributed by atoms with Crippen LogP contribution in [-0.2, 0) is 20.9 Å². The maximum atomic E-state index is 14.2. The molecule has 0 saturated carbocycles. The molecule has 2 aromatic rings. The van der Waals surface area contributed by atoms with E-state index in [1.165, 1.54) is 25.8 Å². The van der Waals surface area contributed by atoms with Crippen LogP contribution < -0.4 is 10.6 Å². The monoisotopic (exact) mass is 544 g/mol. The summed E-state index contributed by atoms with van der Waals surface area (Å²) in [5.41, 5.74) is 2.27. The third-order valence-corrected chi connectivity index (χ3v) is 8.01. The molecule has 40 heavy (non-hydrogen) atoms. The molecule has 1 aliphatic heterocycles. The highest BCUT2D eigenvalue weighted by molar-refractivity contribution is 6.00. The van der Waals surface area contributed by atoms with Crippen molar-refractivity contribution in [2.75, 3.05) is 25.0 Å². The predicted octanol–water partition coefficient (Wildman–Crippen LogP) is 4.68.